The molecule has 4 nitrogen and oxygen atoms in total. The summed E-state index contributed by atoms with van der Waals surface area (Å²) in [5.41, 5.74) is 5.80. The fourth-order valence-corrected chi connectivity index (χ4v) is 3.93. The van der Waals surface area contributed by atoms with Gasteiger partial charge in [-0.05, 0) is 37.1 Å². The highest BCUT2D eigenvalue weighted by Gasteiger charge is 2.19. The summed E-state index contributed by atoms with van der Waals surface area (Å²) >= 11 is 1.66. The maximum atomic E-state index is 5.41. The number of benzene rings is 2. The SMILES string of the molecule is COc1ccccc1Nc1nc2c3c(ccc2s1)CC=C(C)N3C. The standard InChI is InChI=1S/C19H19N3OS/c1-12-8-9-13-10-11-16-17(18(13)22(12)2)21-19(24-16)20-14-6-4-5-7-15(14)23-3/h4-8,10-11H,9H2,1-3H3,(H,20,21). The minimum atomic E-state index is 0.815. The number of nitrogens with zero attached hydrogens (tertiary/aromatic N) is 2. The van der Waals surface area contributed by atoms with Gasteiger partial charge in [0.2, 0.25) is 0 Å². The number of thiazole rings is 1. The third-order valence-electron chi connectivity index (χ3n) is 4.45. The Kier molecular flexibility index (Phi) is 3.65. The number of hydrogen-bond donors (Lipinski definition) is 1. The second-order valence-electron chi connectivity index (χ2n) is 5.87. The van der Waals surface area contributed by atoms with Crippen molar-refractivity contribution in [1.82, 2.24) is 4.98 Å². The maximum Gasteiger partial charge on any atom is 0.188 e. The normalized spacial score (nSPS) is 13.6. The fourth-order valence-electron chi connectivity index (χ4n) is 3.05. The van der Waals surface area contributed by atoms with Crippen LogP contribution in [0.3, 0.4) is 0 Å². The summed E-state index contributed by atoms with van der Waals surface area (Å²) in [5.74, 6) is 0.815. The summed E-state index contributed by atoms with van der Waals surface area (Å²) in [5, 5.41) is 4.27. The molecule has 0 fully saturated rings. The highest BCUT2D eigenvalue weighted by Crippen LogP contribution is 2.40. The highest BCUT2D eigenvalue weighted by atomic mass is 32.1. The molecule has 5 heteroatoms. The van der Waals surface area contributed by atoms with Gasteiger partial charge in [0.25, 0.3) is 0 Å². The van der Waals surface area contributed by atoms with Crippen LogP contribution in [0.2, 0.25) is 0 Å². The van der Waals surface area contributed by atoms with Gasteiger partial charge in [-0.25, -0.2) is 4.98 Å². The lowest BCUT2D eigenvalue weighted by molar-refractivity contribution is 0.417. The molecule has 0 unspecified atom stereocenters. The van der Waals surface area contributed by atoms with E-state index in [0.717, 1.165) is 28.5 Å². The van der Waals surface area contributed by atoms with Crippen LogP contribution in [0, 0.1) is 0 Å². The minimum Gasteiger partial charge on any atom is -0.495 e. The molecule has 24 heavy (non-hydrogen) atoms. The number of hydrogen-bond acceptors (Lipinski definition) is 5. The Bertz CT molecular complexity index is 945. The molecule has 122 valence electrons. The predicted molar refractivity (Wildman–Crippen MR) is 102 cm³/mol. The van der Waals surface area contributed by atoms with Crippen LogP contribution in [0.25, 0.3) is 10.2 Å². The van der Waals surface area contributed by atoms with Crippen molar-refractivity contribution in [3.8, 4) is 5.75 Å². The first-order valence-electron chi connectivity index (χ1n) is 7.90. The van der Waals surface area contributed by atoms with Crippen LogP contribution in [-0.4, -0.2) is 19.1 Å². The Balaban J connectivity index is 1.77. The van der Waals surface area contributed by atoms with Gasteiger partial charge in [-0.2, -0.15) is 0 Å². The zero-order valence-electron chi connectivity index (χ0n) is 14.0. The number of nitrogens with one attached hydrogen (secondary N) is 1. The Morgan fingerprint density at radius 3 is 2.88 bits per heavy atom. The molecule has 0 amide bonds. The number of ether oxygens (including phenoxy) is 1. The van der Waals surface area contributed by atoms with E-state index < -0.39 is 0 Å². The molecule has 0 spiro atoms. The van der Waals surface area contributed by atoms with Gasteiger partial charge < -0.3 is 15.0 Å². The molecule has 3 aromatic rings. The van der Waals surface area contributed by atoms with E-state index in [9.17, 15) is 0 Å². The first-order valence-corrected chi connectivity index (χ1v) is 8.72. The first kappa shape index (κ1) is 15.0. The molecule has 0 saturated heterocycles. The smallest absolute Gasteiger partial charge is 0.188 e. The number of methoxy groups -OCH3 is 1. The van der Waals surface area contributed by atoms with E-state index in [1.807, 2.05) is 24.3 Å². The molecule has 1 aromatic heterocycles. The van der Waals surface area contributed by atoms with Crippen molar-refractivity contribution in [2.75, 3.05) is 24.4 Å². The van der Waals surface area contributed by atoms with Crippen LogP contribution in [-0.2, 0) is 6.42 Å². The van der Waals surface area contributed by atoms with Crippen LogP contribution in [0.15, 0.2) is 48.2 Å². The molecule has 4 rings (SSSR count). The lowest BCUT2D eigenvalue weighted by Gasteiger charge is -2.27. The fraction of sp³-hybridized carbons (Fsp3) is 0.211. The van der Waals surface area contributed by atoms with Crippen molar-refractivity contribution in [1.29, 1.82) is 0 Å². The quantitative estimate of drug-likeness (QED) is 0.734. The van der Waals surface area contributed by atoms with E-state index in [1.54, 1.807) is 18.4 Å². The van der Waals surface area contributed by atoms with Gasteiger partial charge in [-0.1, -0.05) is 35.6 Å². The van der Waals surface area contributed by atoms with Crippen molar-refractivity contribution < 1.29 is 4.74 Å². The van der Waals surface area contributed by atoms with Crippen molar-refractivity contribution in [3.63, 3.8) is 0 Å². The summed E-state index contributed by atoms with van der Waals surface area (Å²) in [4.78, 5) is 7.09. The van der Waals surface area contributed by atoms with E-state index in [0.29, 0.717) is 0 Å². The maximum absolute atomic E-state index is 5.41. The second-order valence-corrected chi connectivity index (χ2v) is 6.90. The van der Waals surface area contributed by atoms with E-state index in [1.165, 1.54) is 21.6 Å². The molecule has 2 heterocycles. The van der Waals surface area contributed by atoms with Crippen LogP contribution >= 0.6 is 11.3 Å². The third-order valence-corrected chi connectivity index (χ3v) is 5.38. The summed E-state index contributed by atoms with van der Waals surface area (Å²) in [6.45, 7) is 2.14. The van der Waals surface area contributed by atoms with Gasteiger partial charge in [-0.3, -0.25) is 0 Å². The molecule has 1 N–H and O–H groups in total. The topological polar surface area (TPSA) is 37.4 Å². The molecule has 1 aliphatic heterocycles. The molecule has 0 bridgehead atoms. The zero-order chi connectivity index (χ0) is 16.7. The van der Waals surface area contributed by atoms with Crippen LogP contribution in [0.1, 0.15) is 12.5 Å². The summed E-state index contributed by atoms with van der Waals surface area (Å²) in [6.07, 6.45) is 3.22. The van der Waals surface area contributed by atoms with E-state index in [4.69, 9.17) is 9.72 Å². The van der Waals surface area contributed by atoms with Gasteiger partial charge in [-0.15, -0.1) is 0 Å². The monoisotopic (exact) mass is 337 g/mol. The zero-order valence-corrected chi connectivity index (χ0v) is 14.8. The Morgan fingerprint density at radius 1 is 1.21 bits per heavy atom. The first-order chi connectivity index (χ1) is 11.7. The second kappa shape index (κ2) is 5.83. The van der Waals surface area contributed by atoms with Crippen LogP contribution < -0.4 is 15.0 Å². The van der Waals surface area contributed by atoms with Crippen LogP contribution in [0.5, 0.6) is 5.75 Å². The number of rotatable bonds is 3. The number of para-hydroxylation sites is 2. The molecule has 1 aliphatic rings. The average molecular weight is 337 g/mol. The van der Waals surface area contributed by atoms with E-state index in [2.05, 4.69) is 42.4 Å². The summed E-state index contributed by atoms with van der Waals surface area (Å²) < 4.78 is 6.60. The third kappa shape index (κ3) is 2.41. The summed E-state index contributed by atoms with van der Waals surface area (Å²) in [6, 6.07) is 12.3. The highest BCUT2D eigenvalue weighted by molar-refractivity contribution is 7.22. The number of anilines is 3. The van der Waals surface area contributed by atoms with Gasteiger partial charge in [0.15, 0.2) is 5.13 Å². The average Bonchev–Trinajstić information content (AvgIpc) is 3.01. The predicted octanol–water partition coefficient (Wildman–Crippen LogP) is 4.94. The number of fused-ring (bicyclic) bond motifs is 3. The lowest BCUT2D eigenvalue weighted by atomic mass is 10.0. The molecular formula is C19H19N3OS. The van der Waals surface area contributed by atoms with Crippen LogP contribution in [0.4, 0.5) is 16.5 Å². The Morgan fingerprint density at radius 2 is 2.04 bits per heavy atom. The molecule has 2 aromatic carbocycles. The largest absolute Gasteiger partial charge is 0.495 e. The molecule has 0 aliphatic carbocycles. The van der Waals surface area contributed by atoms with Gasteiger partial charge in [0.05, 0.1) is 23.2 Å². The lowest BCUT2D eigenvalue weighted by Crippen LogP contribution is -2.19. The molecule has 0 saturated carbocycles. The summed E-state index contributed by atoms with van der Waals surface area (Å²) in [7, 11) is 3.79. The Labute approximate surface area is 145 Å². The molecule has 0 radical (unpaired) electrons. The number of aromatic nitrogens is 1. The van der Waals surface area contributed by atoms with Crippen molar-refractivity contribution >= 4 is 38.1 Å². The van der Waals surface area contributed by atoms with Crippen molar-refractivity contribution in [2.45, 2.75) is 13.3 Å². The number of allylic oxidation sites excluding steroid dienone is 2. The van der Waals surface area contributed by atoms with E-state index in [-0.39, 0.29) is 0 Å². The van der Waals surface area contributed by atoms with Gasteiger partial charge >= 0.3 is 0 Å². The minimum absolute atomic E-state index is 0.815. The molecular weight excluding hydrogens is 318 g/mol. The van der Waals surface area contributed by atoms with Crippen molar-refractivity contribution in [3.05, 3.63) is 53.7 Å². The Hall–Kier alpha value is -2.53. The van der Waals surface area contributed by atoms with E-state index >= 15 is 0 Å². The van der Waals surface area contributed by atoms with Gasteiger partial charge in [0, 0.05) is 12.7 Å². The van der Waals surface area contributed by atoms with Crippen molar-refractivity contribution in [2.24, 2.45) is 0 Å². The van der Waals surface area contributed by atoms with Gasteiger partial charge in [0.1, 0.15) is 11.3 Å². The molecule has 0 atom stereocenters.